The maximum absolute atomic E-state index is 12.2. The van der Waals surface area contributed by atoms with Crippen molar-refractivity contribution in [1.82, 2.24) is 20.0 Å². The van der Waals surface area contributed by atoms with Crippen LogP contribution >= 0.6 is 0 Å². The number of nitrogens with one attached hydrogen (secondary N) is 2. The largest absolute Gasteiger partial charge is 0.321 e. The van der Waals surface area contributed by atoms with Crippen molar-refractivity contribution in [3.8, 4) is 0 Å². The van der Waals surface area contributed by atoms with Crippen LogP contribution in [-0.4, -0.2) is 25.9 Å². The summed E-state index contributed by atoms with van der Waals surface area (Å²) >= 11 is 0. The highest BCUT2D eigenvalue weighted by atomic mass is 16.2. The minimum Gasteiger partial charge on any atom is -0.321 e. The minimum absolute atomic E-state index is 0.209. The molecule has 1 amide bonds. The Balaban J connectivity index is 1.84. The molecular formula is C15H15N5O2. The summed E-state index contributed by atoms with van der Waals surface area (Å²) in [6, 6.07) is 8.22. The number of benzene rings is 1. The van der Waals surface area contributed by atoms with Gasteiger partial charge < -0.3 is 5.32 Å². The van der Waals surface area contributed by atoms with Gasteiger partial charge >= 0.3 is 0 Å². The number of hydrogen-bond donors (Lipinski definition) is 2. The van der Waals surface area contributed by atoms with Crippen LogP contribution in [0.2, 0.25) is 0 Å². The number of H-pyrrole nitrogens is 1. The Morgan fingerprint density at radius 1 is 1.32 bits per heavy atom. The van der Waals surface area contributed by atoms with E-state index in [9.17, 15) is 9.59 Å². The van der Waals surface area contributed by atoms with Crippen molar-refractivity contribution in [2.24, 2.45) is 0 Å². The van der Waals surface area contributed by atoms with E-state index < -0.39 is 0 Å². The summed E-state index contributed by atoms with van der Waals surface area (Å²) in [7, 11) is 0. The van der Waals surface area contributed by atoms with Crippen molar-refractivity contribution in [2.75, 3.05) is 5.32 Å². The molecule has 3 aromatic rings. The molecule has 0 aliphatic carbocycles. The third-order valence-corrected chi connectivity index (χ3v) is 3.23. The molecule has 22 heavy (non-hydrogen) atoms. The van der Waals surface area contributed by atoms with Crippen molar-refractivity contribution in [3.63, 3.8) is 0 Å². The number of aryl methyl sites for hydroxylation is 1. The lowest BCUT2D eigenvalue weighted by atomic mass is 10.2. The molecule has 0 saturated carbocycles. The van der Waals surface area contributed by atoms with Gasteiger partial charge in [-0.3, -0.25) is 14.7 Å². The zero-order valence-electron chi connectivity index (χ0n) is 12.0. The maximum Gasteiger partial charge on any atom is 0.276 e. The van der Waals surface area contributed by atoms with Crippen molar-refractivity contribution in [2.45, 2.75) is 19.9 Å². The zero-order chi connectivity index (χ0) is 15.5. The second-order valence-electron chi connectivity index (χ2n) is 4.91. The highest BCUT2D eigenvalue weighted by Gasteiger charge is 2.10. The standard InChI is InChI=1S/C15H15N5O2/c1-2-7-20-14(21)6-5-13(19-20)15(22)17-11-3-4-12-10(8-11)9-16-18-12/h3-6,8-9H,2,7H2,1H3,(H,16,18)(H,17,22). The number of aromatic amines is 1. The predicted molar refractivity (Wildman–Crippen MR) is 82.8 cm³/mol. The predicted octanol–water partition coefficient (Wildman–Crippen LogP) is 1.78. The lowest BCUT2D eigenvalue weighted by Crippen LogP contribution is -2.26. The number of fused-ring (bicyclic) bond motifs is 1. The Hall–Kier alpha value is -2.96. The van der Waals surface area contributed by atoms with Gasteiger partial charge in [0.05, 0.1) is 11.7 Å². The van der Waals surface area contributed by atoms with Gasteiger partial charge in [-0.2, -0.15) is 10.2 Å². The van der Waals surface area contributed by atoms with Gasteiger partial charge in [0.15, 0.2) is 0 Å². The Kier molecular flexibility index (Phi) is 3.69. The highest BCUT2D eigenvalue weighted by Crippen LogP contribution is 2.17. The average molecular weight is 297 g/mol. The maximum atomic E-state index is 12.2. The quantitative estimate of drug-likeness (QED) is 0.767. The lowest BCUT2D eigenvalue weighted by Gasteiger charge is -2.07. The fourth-order valence-electron chi connectivity index (χ4n) is 2.16. The molecule has 0 fully saturated rings. The summed E-state index contributed by atoms with van der Waals surface area (Å²) in [6.07, 6.45) is 2.46. The molecule has 0 aliphatic rings. The van der Waals surface area contributed by atoms with Gasteiger partial charge in [0.1, 0.15) is 5.69 Å². The first-order valence-electron chi connectivity index (χ1n) is 7.00. The van der Waals surface area contributed by atoms with E-state index in [-0.39, 0.29) is 17.2 Å². The summed E-state index contributed by atoms with van der Waals surface area (Å²) < 4.78 is 1.30. The normalized spacial score (nSPS) is 10.8. The minimum atomic E-state index is -0.354. The van der Waals surface area contributed by atoms with Crippen molar-refractivity contribution >= 4 is 22.5 Å². The summed E-state index contributed by atoms with van der Waals surface area (Å²) in [5.74, 6) is -0.354. The van der Waals surface area contributed by atoms with Crippen LogP contribution in [0.3, 0.4) is 0 Å². The van der Waals surface area contributed by atoms with E-state index in [0.717, 1.165) is 17.3 Å². The summed E-state index contributed by atoms with van der Waals surface area (Å²) in [4.78, 5) is 23.9. The molecule has 2 aromatic heterocycles. The molecule has 7 heteroatoms. The molecule has 2 N–H and O–H groups in total. The number of aromatic nitrogens is 4. The van der Waals surface area contributed by atoms with Gasteiger partial charge in [-0.15, -0.1) is 0 Å². The Morgan fingerprint density at radius 3 is 3.00 bits per heavy atom. The fraction of sp³-hybridized carbons (Fsp3) is 0.200. The van der Waals surface area contributed by atoms with Crippen LogP contribution in [-0.2, 0) is 6.54 Å². The molecule has 1 aromatic carbocycles. The molecule has 0 aliphatic heterocycles. The third-order valence-electron chi connectivity index (χ3n) is 3.23. The molecule has 0 spiro atoms. The molecule has 0 atom stereocenters. The molecule has 0 saturated heterocycles. The van der Waals surface area contributed by atoms with Gasteiger partial charge in [0.2, 0.25) is 0 Å². The second-order valence-corrected chi connectivity index (χ2v) is 4.91. The van der Waals surface area contributed by atoms with Crippen molar-refractivity contribution in [3.05, 3.63) is 52.6 Å². The van der Waals surface area contributed by atoms with E-state index in [1.165, 1.54) is 16.8 Å². The van der Waals surface area contributed by atoms with Gasteiger partial charge in [0.25, 0.3) is 11.5 Å². The number of nitrogens with zero attached hydrogens (tertiary/aromatic N) is 3. The number of carbonyl (C=O) groups excluding carboxylic acids is 1. The van der Waals surface area contributed by atoms with Gasteiger partial charge in [0, 0.05) is 23.7 Å². The number of anilines is 1. The van der Waals surface area contributed by atoms with E-state index in [4.69, 9.17) is 0 Å². The van der Waals surface area contributed by atoms with Crippen molar-refractivity contribution < 1.29 is 4.79 Å². The smallest absolute Gasteiger partial charge is 0.276 e. The molecule has 3 rings (SSSR count). The lowest BCUT2D eigenvalue weighted by molar-refractivity contribution is 0.102. The number of amides is 1. The highest BCUT2D eigenvalue weighted by molar-refractivity contribution is 6.03. The average Bonchev–Trinajstić information content (AvgIpc) is 2.97. The molecule has 0 unspecified atom stereocenters. The Bertz CT molecular complexity index is 881. The summed E-state index contributed by atoms with van der Waals surface area (Å²) in [5, 5.41) is 14.5. The molecular weight excluding hydrogens is 282 g/mol. The molecule has 0 radical (unpaired) electrons. The van der Waals surface area contributed by atoms with Gasteiger partial charge in [-0.05, 0) is 30.7 Å². The van der Waals surface area contributed by atoms with Crippen LogP contribution in [0.5, 0.6) is 0 Å². The molecule has 0 bridgehead atoms. The van der Waals surface area contributed by atoms with E-state index in [0.29, 0.717) is 12.2 Å². The van der Waals surface area contributed by atoms with Crippen LogP contribution < -0.4 is 10.9 Å². The molecule has 7 nitrogen and oxygen atoms in total. The number of rotatable bonds is 4. The number of hydrogen-bond acceptors (Lipinski definition) is 4. The third kappa shape index (κ3) is 2.73. The summed E-state index contributed by atoms with van der Waals surface area (Å²) in [5.41, 5.74) is 1.54. The van der Waals surface area contributed by atoms with Crippen LogP contribution in [0.25, 0.3) is 10.9 Å². The monoisotopic (exact) mass is 297 g/mol. The van der Waals surface area contributed by atoms with Gasteiger partial charge in [-0.25, -0.2) is 4.68 Å². The van der Waals surface area contributed by atoms with Crippen molar-refractivity contribution in [1.29, 1.82) is 0 Å². The first-order chi connectivity index (χ1) is 10.7. The van der Waals surface area contributed by atoms with E-state index in [1.807, 2.05) is 19.1 Å². The van der Waals surface area contributed by atoms with Crippen LogP contribution in [0, 0.1) is 0 Å². The first kappa shape index (κ1) is 14.0. The van der Waals surface area contributed by atoms with Gasteiger partial charge in [-0.1, -0.05) is 6.92 Å². The number of carbonyl (C=O) groups is 1. The second kappa shape index (κ2) is 5.80. The molecule has 112 valence electrons. The van der Waals surface area contributed by atoms with E-state index >= 15 is 0 Å². The van der Waals surface area contributed by atoms with Crippen LogP contribution in [0.4, 0.5) is 5.69 Å². The van der Waals surface area contributed by atoms with E-state index in [1.54, 1.807) is 12.3 Å². The summed E-state index contributed by atoms with van der Waals surface area (Å²) in [6.45, 7) is 2.43. The topological polar surface area (TPSA) is 92.7 Å². The Morgan fingerprint density at radius 2 is 2.18 bits per heavy atom. The van der Waals surface area contributed by atoms with E-state index in [2.05, 4.69) is 20.6 Å². The zero-order valence-corrected chi connectivity index (χ0v) is 12.0. The SMILES string of the molecule is CCCn1nc(C(=O)Nc2ccc3[nH]ncc3c2)ccc1=O. The molecule has 2 heterocycles. The fourth-order valence-corrected chi connectivity index (χ4v) is 2.16. The van der Waals surface area contributed by atoms with Crippen LogP contribution in [0.15, 0.2) is 41.3 Å². The first-order valence-corrected chi connectivity index (χ1v) is 7.00. The van der Waals surface area contributed by atoms with Crippen LogP contribution in [0.1, 0.15) is 23.8 Å². The Labute approximate surface area is 126 Å².